The van der Waals surface area contributed by atoms with Crippen LogP contribution in [-0.4, -0.2) is 25.2 Å². The van der Waals surface area contributed by atoms with E-state index >= 15 is 0 Å². The Morgan fingerprint density at radius 3 is 2.07 bits per heavy atom. The van der Waals surface area contributed by atoms with Crippen LogP contribution in [0.1, 0.15) is 64.7 Å². The quantitative estimate of drug-likeness (QED) is 0.417. The topological polar surface area (TPSA) is 0 Å². The highest BCUT2D eigenvalue weighted by molar-refractivity contribution is 7.75. The average molecular weight is 229 g/mol. The van der Waals surface area contributed by atoms with Gasteiger partial charge in [0.05, 0.1) is 18.5 Å². The van der Waals surface area contributed by atoms with Gasteiger partial charge in [-0.25, -0.2) is 0 Å². The van der Waals surface area contributed by atoms with Gasteiger partial charge >= 0.3 is 0 Å². The lowest BCUT2D eigenvalue weighted by atomic mass is 10.1. The van der Waals surface area contributed by atoms with Crippen molar-refractivity contribution in [1.82, 2.24) is 0 Å². The molecule has 0 nitrogen and oxygen atoms in total. The molecule has 0 aromatic heterocycles. The minimum atomic E-state index is -0.419. The van der Waals surface area contributed by atoms with Crippen LogP contribution in [0.5, 0.6) is 0 Å². The van der Waals surface area contributed by atoms with Crippen LogP contribution in [0.3, 0.4) is 0 Å². The standard InChI is InChI=1S/C14H30P/c1-3-4-5-6-7-9-12-15(2)13-10-8-11-14-15/h3-14H2,1-2H3/q+1. The van der Waals surface area contributed by atoms with E-state index in [0.717, 1.165) is 0 Å². The minimum Gasteiger partial charge on any atom is -0.0654 e. The number of hydrogen-bond acceptors (Lipinski definition) is 0. The molecule has 0 saturated carbocycles. The molecular formula is C14H30P+. The summed E-state index contributed by atoms with van der Waals surface area (Å²) in [4.78, 5) is 0. The molecule has 0 bridgehead atoms. The first-order valence-corrected chi connectivity index (χ1v) is 9.89. The molecule has 1 heterocycles. The smallest absolute Gasteiger partial charge is 0.0591 e. The Kier molecular flexibility index (Phi) is 6.89. The van der Waals surface area contributed by atoms with E-state index in [1.807, 2.05) is 0 Å². The van der Waals surface area contributed by atoms with Gasteiger partial charge in [-0.15, -0.1) is 0 Å². The maximum Gasteiger partial charge on any atom is 0.0591 e. The van der Waals surface area contributed by atoms with Crippen LogP contribution < -0.4 is 0 Å². The molecule has 0 aromatic rings. The lowest BCUT2D eigenvalue weighted by Crippen LogP contribution is -2.11. The molecule has 90 valence electrons. The second-order valence-corrected chi connectivity index (χ2v) is 10.2. The van der Waals surface area contributed by atoms with Gasteiger partial charge in [0.25, 0.3) is 0 Å². The van der Waals surface area contributed by atoms with Crippen molar-refractivity contribution in [2.75, 3.05) is 25.2 Å². The van der Waals surface area contributed by atoms with E-state index in [1.165, 1.54) is 44.9 Å². The molecule has 1 saturated heterocycles. The first-order valence-electron chi connectivity index (χ1n) is 7.10. The summed E-state index contributed by atoms with van der Waals surface area (Å²) in [6, 6.07) is 0. The van der Waals surface area contributed by atoms with E-state index in [4.69, 9.17) is 0 Å². The first kappa shape index (κ1) is 13.5. The molecule has 1 fully saturated rings. The maximum atomic E-state index is 2.64. The normalized spacial score (nSPS) is 20.4. The van der Waals surface area contributed by atoms with Gasteiger partial charge in [-0.1, -0.05) is 32.6 Å². The Labute approximate surface area is 97.6 Å². The molecule has 0 spiro atoms. The Balaban J connectivity index is 1.98. The monoisotopic (exact) mass is 229 g/mol. The molecule has 1 rings (SSSR count). The third kappa shape index (κ3) is 5.91. The molecule has 15 heavy (non-hydrogen) atoms. The van der Waals surface area contributed by atoms with Gasteiger partial charge in [-0.3, -0.25) is 0 Å². The molecule has 1 aliphatic rings. The average Bonchev–Trinajstić information content (AvgIpc) is 2.24. The van der Waals surface area contributed by atoms with E-state index in [2.05, 4.69) is 13.6 Å². The number of rotatable bonds is 7. The zero-order chi connectivity index (χ0) is 11.0. The second-order valence-electron chi connectivity index (χ2n) is 5.62. The fourth-order valence-electron chi connectivity index (χ4n) is 2.77. The van der Waals surface area contributed by atoms with Gasteiger partial charge < -0.3 is 0 Å². The fraction of sp³-hybridized carbons (Fsp3) is 1.00. The van der Waals surface area contributed by atoms with Gasteiger partial charge in [0.15, 0.2) is 0 Å². The molecule has 0 atom stereocenters. The molecule has 0 amide bonds. The van der Waals surface area contributed by atoms with Gasteiger partial charge in [0.1, 0.15) is 0 Å². The van der Waals surface area contributed by atoms with E-state index in [9.17, 15) is 0 Å². The SMILES string of the molecule is CCCCCCCC[P+]1(C)CCCCC1. The Morgan fingerprint density at radius 1 is 0.800 bits per heavy atom. The van der Waals surface area contributed by atoms with Crippen LogP contribution >= 0.6 is 7.26 Å². The highest BCUT2D eigenvalue weighted by Crippen LogP contribution is 2.59. The highest BCUT2D eigenvalue weighted by atomic mass is 31.2. The zero-order valence-corrected chi connectivity index (χ0v) is 11.8. The summed E-state index contributed by atoms with van der Waals surface area (Å²) < 4.78 is 0. The molecule has 0 unspecified atom stereocenters. The molecule has 0 aliphatic carbocycles. The van der Waals surface area contributed by atoms with Gasteiger partial charge in [0.2, 0.25) is 0 Å². The summed E-state index contributed by atoms with van der Waals surface area (Å²) in [6.07, 6.45) is 18.3. The van der Waals surface area contributed by atoms with E-state index in [1.54, 1.807) is 31.3 Å². The van der Waals surface area contributed by atoms with Gasteiger partial charge in [0, 0.05) is 13.9 Å². The molecule has 0 radical (unpaired) electrons. The van der Waals surface area contributed by atoms with Crippen molar-refractivity contribution in [1.29, 1.82) is 0 Å². The van der Waals surface area contributed by atoms with Crippen LogP contribution in [0.4, 0.5) is 0 Å². The Hall–Kier alpha value is 0.430. The van der Waals surface area contributed by atoms with Crippen molar-refractivity contribution in [2.45, 2.75) is 64.7 Å². The molecule has 1 heteroatoms. The molecular weight excluding hydrogens is 199 g/mol. The van der Waals surface area contributed by atoms with E-state index in [0.29, 0.717) is 0 Å². The maximum absolute atomic E-state index is 2.64. The van der Waals surface area contributed by atoms with Crippen molar-refractivity contribution in [3.63, 3.8) is 0 Å². The van der Waals surface area contributed by atoms with Crippen molar-refractivity contribution in [2.24, 2.45) is 0 Å². The van der Waals surface area contributed by atoms with Crippen molar-refractivity contribution in [3.8, 4) is 0 Å². The Bertz CT molecular complexity index is 147. The first-order chi connectivity index (χ1) is 7.27. The predicted octanol–water partition coefficient (Wildman–Crippen LogP) is 5.18. The lowest BCUT2D eigenvalue weighted by molar-refractivity contribution is 0.624. The Morgan fingerprint density at radius 2 is 1.40 bits per heavy atom. The summed E-state index contributed by atoms with van der Waals surface area (Å²) >= 11 is 0. The minimum absolute atomic E-state index is 0.419. The molecule has 0 N–H and O–H groups in total. The number of unbranched alkanes of at least 4 members (excludes halogenated alkanes) is 5. The van der Waals surface area contributed by atoms with Crippen molar-refractivity contribution < 1.29 is 0 Å². The summed E-state index contributed by atoms with van der Waals surface area (Å²) in [7, 11) is -0.419. The van der Waals surface area contributed by atoms with Crippen LogP contribution in [0.2, 0.25) is 0 Å². The summed E-state index contributed by atoms with van der Waals surface area (Å²) in [5, 5.41) is 0. The fourth-order valence-corrected chi connectivity index (χ4v) is 6.41. The van der Waals surface area contributed by atoms with Crippen LogP contribution in [0.25, 0.3) is 0 Å². The van der Waals surface area contributed by atoms with E-state index in [-0.39, 0.29) is 0 Å². The summed E-state index contributed by atoms with van der Waals surface area (Å²) in [5.74, 6) is 0. The number of hydrogen-bond donors (Lipinski definition) is 0. The van der Waals surface area contributed by atoms with Crippen molar-refractivity contribution in [3.05, 3.63) is 0 Å². The van der Waals surface area contributed by atoms with Crippen molar-refractivity contribution >= 4 is 7.26 Å². The van der Waals surface area contributed by atoms with Crippen LogP contribution in [0, 0.1) is 0 Å². The van der Waals surface area contributed by atoms with Gasteiger partial charge in [-0.2, -0.15) is 0 Å². The second kappa shape index (κ2) is 7.66. The zero-order valence-electron chi connectivity index (χ0n) is 10.9. The summed E-state index contributed by atoms with van der Waals surface area (Å²) in [5.41, 5.74) is 0. The van der Waals surface area contributed by atoms with Gasteiger partial charge in [-0.05, 0) is 32.1 Å². The molecule has 0 aromatic carbocycles. The van der Waals surface area contributed by atoms with Crippen LogP contribution in [-0.2, 0) is 0 Å². The molecule has 1 aliphatic heterocycles. The highest BCUT2D eigenvalue weighted by Gasteiger charge is 2.32. The van der Waals surface area contributed by atoms with Crippen LogP contribution in [0.15, 0.2) is 0 Å². The van der Waals surface area contributed by atoms with E-state index < -0.39 is 7.26 Å². The largest absolute Gasteiger partial charge is 0.0654 e. The third-order valence-electron chi connectivity index (χ3n) is 3.95. The summed E-state index contributed by atoms with van der Waals surface area (Å²) in [6.45, 7) is 4.94. The lowest BCUT2D eigenvalue weighted by Gasteiger charge is -2.27. The third-order valence-corrected chi connectivity index (χ3v) is 8.14. The predicted molar refractivity (Wildman–Crippen MR) is 74.7 cm³/mol.